The quantitative estimate of drug-likeness (QED) is 0.454. The van der Waals surface area contributed by atoms with Crippen molar-refractivity contribution in [2.45, 2.75) is 20.5 Å². The highest BCUT2D eigenvalue weighted by atomic mass is 35.5. The Labute approximate surface area is 168 Å². The van der Waals surface area contributed by atoms with E-state index in [0.717, 1.165) is 17.0 Å². The fraction of sp³-hybridized carbons (Fsp3) is 0.167. The zero-order chi connectivity index (χ0) is 19.7. The molecule has 0 bridgehead atoms. The zero-order valence-electron chi connectivity index (χ0n) is 14.9. The van der Waals surface area contributed by atoms with E-state index in [1.54, 1.807) is 16.8 Å². The molecule has 0 aliphatic heterocycles. The highest BCUT2D eigenvalue weighted by molar-refractivity contribution is 7.08. The van der Waals surface area contributed by atoms with E-state index in [-0.39, 0.29) is 23.1 Å². The second kappa shape index (κ2) is 7.53. The van der Waals surface area contributed by atoms with Crippen molar-refractivity contribution in [3.8, 4) is 17.3 Å². The van der Waals surface area contributed by atoms with Crippen LogP contribution < -0.4 is 0 Å². The summed E-state index contributed by atoms with van der Waals surface area (Å²) in [6.07, 6.45) is 0. The van der Waals surface area contributed by atoms with Crippen LogP contribution in [0.15, 0.2) is 39.5 Å². The minimum absolute atomic E-state index is 0.00623. The van der Waals surface area contributed by atoms with E-state index >= 15 is 0 Å². The van der Waals surface area contributed by atoms with Gasteiger partial charge in [0.25, 0.3) is 5.89 Å². The number of ether oxygens (including phenoxy) is 1. The van der Waals surface area contributed by atoms with Gasteiger partial charge in [0.1, 0.15) is 0 Å². The summed E-state index contributed by atoms with van der Waals surface area (Å²) in [4.78, 5) is 21.0. The summed E-state index contributed by atoms with van der Waals surface area (Å²) >= 11 is 7.65. The van der Waals surface area contributed by atoms with Crippen LogP contribution in [0.1, 0.15) is 27.7 Å². The number of esters is 1. The normalized spacial score (nSPS) is 11.0. The Morgan fingerprint density at radius 1 is 1.29 bits per heavy atom. The van der Waals surface area contributed by atoms with Gasteiger partial charge in [-0.05, 0) is 43.5 Å². The Balaban J connectivity index is 1.50. The van der Waals surface area contributed by atoms with E-state index in [9.17, 15) is 4.79 Å². The molecule has 142 valence electrons. The summed E-state index contributed by atoms with van der Waals surface area (Å²) < 4.78 is 12.1. The van der Waals surface area contributed by atoms with Crippen LogP contribution in [0.2, 0.25) is 5.02 Å². The third-order valence-corrected chi connectivity index (χ3v) is 4.81. The van der Waals surface area contributed by atoms with Crippen LogP contribution in [0.3, 0.4) is 0 Å². The summed E-state index contributed by atoms with van der Waals surface area (Å²) in [5, 5.41) is 12.1. The van der Waals surface area contributed by atoms with Crippen LogP contribution in [-0.2, 0) is 11.3 Å². The van der Waals surface area contributed by atoms with Crippen LogP contribution >= 0.6 is 22.9 Å². The molecule has 0 spiro atoms. The number of hydrogen-bond donors (Lipinski definition) is 0. The summed E-state index contributed by atoms with van der Waals surface area (Å²) in [7, 11) is 0. The fourth-order valence-electron chi connectivity index (χ4n) is 2.57. The summed E-state index contributed by atoms with van der Waals surface area (Å²) in [5.74, 6) is 0.409. The standard InChI is InChI=1S/C18H14ClN5O3S/c1-10-7-11(2)24(22-10)15-4-3-13(19)16(21-15)18(25)26-8-14-20-17(27-23-14)12-5-6-28-9-12/h3-7,9H,8H2,1-2H3. The van der Waals surface area contributed by atoms with Gasteiger partial charge in [0, 0.05) is 11.1 Å². The van der Waals surface area contributed by atoms with Gasteiger partial charge in [-0.3, -0.25) is 0 Å². The van der Waals surface area contributed by atoms with Crippen molar-refractivity contribution >= 4 is 28.9 Å². The van der Waals surface area contributed by atoms with Gasteiger partial charge in [0.15, 0.2) is 18.1 Å². The molecule has 28 heavy (non-hydrogen) atoms. The molecule has 0 N–H and O–H groups in total. The third kappa shape index (κ3) is 3.67. The Morgan fingerprint density at radius 2 is 2.14 bits per heavy atom. The lowest BCUT2D eigenvalue weighted by molar-refractivity contribution is 0.0453. The topological polar surface area (TPSA) is 95.9 Å². The van der Waals surface area contributed by atoms with E-state index in [2.05, 4.69) is 20.2 Å². The third-order valence-electron chi connectivity index (χ3n) is 3.82. The molecule has 0 amide bonds. The molecule has 0 aromatic carbocycles. The van der Waals surface area contributed by atoms with Crippen molar-refractivity contribution in [3.05, 3.63) is 63.0 Å². The number of hydrogen-bond acceptors (Lipinski definition) is 8. The Morgan fingerprint density at radius 3 is 2.86 bits per heavy atom. The molecule has 0 unspecified atom stereocenters. The van der Waals surface area contributed by atoms with E-state index in [1.807, 2.05) is 36.7 Å². The number of thiophene rings is 1. The van der Waals surface area contributed by atoms with Gasteiger partial charge in [-0.15, -0.1) is 0 Å². The van der Waals surface area contributed by atoms with E-state index in [0.29, 0.717) is 11.7 Å². The van der Waals surface area contributed by atoms with Crippen molar-refractivity contribution in [1.29, 1.82) is 0 Å². The lowest BCUT2D eigenvalue weighted by Gasteiger charge is -2.07. The first-order valence-electron chi connectivity index (χ1n) is 8.24. The molecule has 4 heterocycles. The van der Waals surface area contributed by atoms with Gasteiger partial charge < -0.3 is 9.26 Å². The molecule has 0 atom stereocenters. The molecular weight excluding hydrogens is 402 g/mol. The highest BCUT2D eigenvalue weighted by Crippen LogP contribution is 2.21. The molecular formula is C18H14ClN5O3S. The molecule has 0 saturated carbocycles. The van der Waals surface area contributed by atoms with E-state index in [4.69, 9.17) is 20.9 Å². The zero-order valence-corrected chi connectivity index (χ0v) is 16.5. The van der Waals surface area contributed by atoms with Crippen molar-refractivity contribution in [2.75, 3.05) is 0 Å². The number of nitrogens with zero attached hydrogens (tertiary/aromatic N) is 5. The van der Waals surface area contributed by atoms with Crippen molar-refractivity contribution in [1.82, 2.24) is 24.9 Å². The van der Waals surface area contributed by atoms with Gasteiger partial charge in [-0.1, -0.05) is 16.8 Å². The van der Waals surface area contributed by atoms with Crippen molar-refractivity contribution in [3.63, 3.8) is 0 Å². The molecule has 4 rings (SSSR count). The second-order valence-electron chi connectivity index (χ2n) is 5.94. The Hall–Kier alpha value is -3.04. The maximum absolute atomic E-state index is 12.5. The fourth-order valence-corrected chi connectivity index (χ4v) is 3.38. The molecule has 0 saturated heterocycles. The van der Waals surface area contributed by atoms with Crippen molar-refractivity contribution < 1.29 is 14.1 Å². The minimum atomic E-state index is -0.685. The maximum Gasteiger partial charge on any atom is 0.359 e. The number of pyridine rings is 1. The molecule has 10 heteroatoms. The number of aromatic nitrogens is 5. The van der Waals surface area contributed by atoms with Gasteiger partial charge in [-0.2, -0.15) is 21.4 Å². The molecule has 0 radical (unpaired) electrons. The van der Waals surface area contributed by atoms with Crippen molar-refractivity contribution in [2.24, 2.45) is 0 Å². The lowest BCUT2D eigenvalue weighted by Crippen LogP contribution is -2.12. The first kappa shape index (κ1) is 18.3. The number of carbonyl (C=O) groups is 1. The first-order valence-corrected chi connectivity index (χ1v) is 9.56. The Kier molecular flexibility index (Phi) is 4.93. The molecule has 8 nitrogen and oxygen atoms in total. The predicted molar refractivity (Wildman–Crippen MR) is 103 cm³/mol. The Bertz CT molecular complexity index is 1140. The first-order chi connectivity index (χ1) is 13.5. The largest absolute Gasteiger partial charge is 0.453 e. The predicted octanol–water partition coefficient (Wildman–Crippen LogP) is 4.01. The van der Waals surface area contributed by atoms with Crippen LogP contribution in [0.4, 0.5) is 0 Å². The SMILES string of the molecule is Cc1cc(C)n(-c2ccc(Cl)c(C(=O)OCc3noc(-c4ccsc4)n3)n2)n1. The average Bonchev–Trinajstić information content (AvgIpc) is 3.41. The van der Waals surface area contributed by atoms with E-state index in [1.165, 1.54) is 11.3 Å². The molecule has 0 aliphatic rings. The van der Waals surface area contributed by atoms with Gasteiger partial charge in [-0.25, -0.2) is 14.5 Å². The molecule has 0 fully saturated rings. The van der Waals surface area contributed by atoms with Gasteiger partial charge in [0.05, 0.1) is 16.3 Å². The van der Waals surface area contributed by atoms with Crippen LogP contribution in [0, 0.1) is 13.8 Å². The summed E-state index contributed by atoms with van der Waals surface area (Å²) in [6, 6.07) is 7.04. The molecule has 0 aliphatic carbocycles. The summed E-state index contributed by atoms with van der Waals surface area (Å²) in [6.45, 7) is 3.62. The number of aryl methyl sites for hydroxylation is 2. The van der Waals surface area contributed by atoms with Gasteiger partial charge in [0.2, 0.25) is 5.82 Å². The molecule has 4 aromatic heterocycles. The van der Waals surface area contributed by atoms with Crippen LogP contribution in [-0.4, -0.2) is 30.9 Å². The number of halogens is 1. The smallest absolute Gasteiger partial charge is 0.359 e. The van der Waals surface area contributed by atoms with Crippen LogP contribution in [0.25, 0.3) is 17.3 Å². The molecule has 4 aromatic rings. The number of rotatable bonds is 5. The maximum atomic E-state index is 12.5. The highest BCUT2D eigenvalue weighted by Gasteiger charge is 2.18. The minimum Gasteiger partial charge on any atom is -0.453 e. The summed E-state index contributed by atoms with van der Waals surface area (Å²) in [5.41, 5.74) is 2.54. The number of carbonyl (C=O) groups excluding carboxylic acids is 1. The average molecular weight is 416 g/mol. The second-order valence-corrected chi connectivity index (χ2v) is 7.13. The monoisotopic (exact) mass is 415 g/mol. The lowest BCUT2D eigenvalue weighted by atomic mass is 10.3. The van der Waals surface area contributed by atoms with E-state index < -0.39 is 5.97 Å². The van der Waals surface area contributed by atoms with Gasteiger partial charge >= 0.3 is 5.97 Å². The van der Waals surface area contributed by atoms with Crippen LogP contribution in [0.5, 0.6) is 0 Å².